The van der Waals surface area contributed by atoms with Gasteiger partial charge in [0, 0.05) is 15.7 Å². The van der Waals surface area contributed by atoms with Crippen LogP contribution in [0.25, 0.3) is 0 Å². The van der Waals surface area contributed by atoms with Crippen LogP contribution in [0, 0.1) is 3.57 Å². The Morgan fingerprint density at radius 1 is 1.35 bits per heavy atom. The zero-order valence-corrected chi connectivity index (χ0v) is 11.1. The van der Waals surface area contributed by atoms with Crippen LogP contribution in [0.3, 0.4) is 0 Å². The van der Waals surface area contributed by atoms with E-state index in [0.29, 0.717) is 5.56 Å². The lowest BCUT2D eigenvalue weighted by molar-refractivity contribution is 0.0509. The first kappa shape index (κ1) is 14.3. The van der Waals surface area contributed by atoms with Crippen LogP contribution in [0.1, 0.15) is 10.4 Å². The highest BCUT2D eigenvalue weighted by Crippen LogP contribution is 2.10. The molecule has 0 saturated heterocycles. The zero-order chi connectivity index (χ0) is 12.8. The van der Waals surface area contributed by atoms with Crippen LogP contribution in [-0.2, 0) is 0 Å². The van der Waals surface area contributed by atoms with E-state index in [1.54, 1.807) is 24.3 Å². The first-order valence-electron chi connectivity index (χ1n) is 4.98. The Kier molecular flexibility index (Phi) is 5.76. The van der Waals surface area contributed by atoms with Gasteiger partial charge in [-0.3, -0.25) is 4.79 Å². The number of alkyl halides is 2. The normalized spacial score (nSPS) is 10.6. The van der Waals surface area contributed by atoms with Gasteiger partial charge in [-0.1, -0.05) is 0 Å². The Bertz CT molecular complexity index is 370. The number of aliphatic hydroxyl groups excluding tert-OH is 1. The minimum atomic E-state index is -2.60. The molecule has 0 atom stereocenters. The fraction of sp³-hybridized carbons (Fsp3) is 0.364. The van der Waals surface area contributed by atoms with E-state index in [0.717, 1.165) is 8.47 Å². The van der Waals surface area contributed by atoms with E-state index < -0.39 is 18.9 Å². The van der Waals surface area contributed by atoms with Crippen molar-refractivity contribution in [2.45, 2.75) is 6.43 Å². The molecule has 1 amide bonds. The molecule has 0 fully saturated rings. The number of nitrogens with zero attached hydrogens (tertiary/aromatic N) is 1. The monoisotopic (exact) mass is 355 g/mol. The number of carbonyl (C=O) groups is 1. The topological polar surface area (TPSA) is 40.5 Å². The predicted molar refractivity (Wildman–Crippen MR) is 68.2 cm³/mol. The molecule has 0 aromatic heterocycles. The van der Waals surface area contributed by atoms with Crippen molar-refractivity contribution in [1.82, 2.24) is 4.90 Å². The highest BCUT2D eigenvalue weighted by Gasteiger charge is 2.18. The van der Waals surface area contributed by atoms with Crippen molar-refractivity contribution >= 4 is 28.5 Å². The number of carbonyl (C=O) groups excluding carboxylic acids is 1. The van der Waals surface area contributed by atoms with Gasteiger partial charge in [-0.15, -0.1) is 0 Å². The molecule has 6 heteroatoms. The molecular weight excluding hydrogens is 343 g/mol. The molecule has 94 valence electrons. The summed E-state index contributed by atoms with van der Waals surface area (Å²) in [6.07, 6.45) is -2.60. The van der Waals surface area contributed by atoms with E-state index in [1.165, 1.54) is 0 Å². The molecule has 1 rings (SSSR count). The molecule has 0 aliphatic heterocycles. The Labute approximate surface area is 112 Å². The van der Waals surface area contributed by atoms with E-state index in [9.17, 15) is 13.6 Å². The summed E-state index contributed by atoms with van der Waals surface area (Å²) in [6.45, 7) is -1.08. The van der Waals surface area contributed by atoms with Crippen LogP contribution >= 0.6 is 22.6 Å². The number of halogens is 3. The number of hydrogen-bond donors (Lipinski definition) is 1. The average molecular weight is 355 g/mol. The summed E-state index contributed by atoms with van der Waals surface area (Å²) in [6, 6.07) is 6.63. The quantitative estimate of drug-likeness (QED) is 0.821. The molecule has 0 aliphatic rings. The third kappa shape index (κ3) is 4.55. The van der Waals surface area contributed by atoms with E-state index >= 15 is 0 Å². The number of benzene rings is 1. The standard InChI is InChI=1S/C11H12F2INO2/c12-10(13)7-15(5-6-16)11(17)8-1-3-9(14)4-2-8/h1-4,10,16H,5-7H2. The molecule has 0 spiro atoms. The Hall–Kier alpha value is -0.760. The second-order valence-corrected chi connectivity index (χ2v) is 4.62. The molecular formula is C11H12F2INO2. The number of rotatable bonds is 5. The average Bonchev–Trinajstić information content (AvgIpc) is 2.28. The molecule has 17 heavy (non-hydrogen) atoms. The lowest BCUT2D eigenvalue weighted by atomic mass is 10.2. The number of aliphatic hydroxyl groups is 1. The second-order valence-electron chi connectivity index (χ2n) is 3.37. The van der Waals surface area contributed by atoms with E-state index in [4.69, 9.17) is 5.11 Å². The Morgan fingerprint density at radius 3 is 2.41 bits per heavy atom. The van der Waals surface area contributed by atoms with Crippen molar-refractivity contribution in [1.29, 1.82) is 0 Å². The highest BCUT2D eigenvalue weighted by atomic mass is 127. The van der Waals surface area contributed by atoms with Gasteiger partial charge >= 0.3 is 0 Å². The van der Waals surface area contributed by atoms with Gasteiger partial charge in [-0.25, -0.2) is 8.78 Å². The van der Waals surface area contributed by atoms with Crippen molar-refractivity contribution in [2.24, 2.45) is 0 Å². The van der Waals surface area contributed by atoms with Gasteiger partial charge in [0.25, 0.3) is 12.3 Å². The van der Waals surface area contributed by atoms with Crippen molar-refractivity contribution in [3.8, 4) is 0 Å². The van der Waals surface area contributed by atoms with Crippen molar-refractivity contribution in [2.75, 3.05) is 19.7 Å². The molecule has 1 N–H and O–H groups in total. The highest BCUT2D eigenvalue weighted by molar-refractivity contribution is 14.1. The summed E-state index contributed by atoms with van der Waals surface area (Å²) >= 11 is 2.09. The first-order valence-corrected chi connectivity index (χ1v) is 6.06. The minimum absolute atomic E-state index is 0.0881. The van der Waals surface area contributed by atoms with Crippen molar-refractivity contribution in [3.05, 3.63) is 33.4 Å². The lowest BCUT2D eigenvalue weighted by Gasteiger charge is -2.21. The van der Waals surface area contributed by atoms with Gasteiger partial charge in [0.2, 0.25) is 0 Å². The van der Waals surface area contributed by atoms with Crippen LogP contribution in [0.5, 0.6) is 0 Å². The van der Waals surface area contributed by atoms with Gasteiger partial charge in [-0.2, -0.15) is 0 Å². The molecule has 3 nitrogen and oxygen atoms in total. The first-order chi connectivity index (χ1) is 8.04. The van der Waals surface area contributed by atoms with E-state index in [2.05, 4.69) is 22.6 Å². The smallest absolute Gasteiger partial charge is 0.255 e. The van der Waals surface area contributed by atoms with E-state index in [1.807, 2.05) is 0 Å². The molecule has 1 aromatic carbocycles. The van der Waals surface area contributed by atoms with Crippen LogP contribution in [0.15, 0.2) is 24.3 Å². The van der Waals surface area contributed by atoms with Crippen LogP contribution in [0.4, 0.5) is 8.78 Å². The summed E-state index contributed by atoms with van der Waals surface area (Å²) in [5.41, 5.74) is 0.347. The van der Waals surface area contributed by atoms with Gasteiger partial charge in [0.05, 0.1) is 13.2 Å². The van der Waals surface area contributed by atoms with Gasteiger partial charge in [0.15, 0.2) is 0 Å². The van der Waals surface area contributed by atoms with Crippen LogP contribution < -0.4 is 0 Å². The molecule has 0 unspecified atom stereocenters. The largest absolute Gasteiger partial charge is 0.395 e. The molecule has 0 radical (unpaired) electrons. The number of hydrogen-bond acceptors (Lipinski definition) is 2. The number of amides is 1. The van der Waals surface area contributed by atoms with E-state index in [-0.39, 0.29) is 13.2 Å². The molecule has 0 saturated carbocycles. The maximum atomic E-state index is 12.3. The lowest BCUT2D eigenvalue weighted by Crippen LogP contribution is -2.37. The SMILES string of the molecule is O=C(c1ccc(I)cc1)N(CCO)CC(F)F. The van der Waals surface area contributed by atoms with Gasteiger partial charge < -0.3 is 10.0 Å². The maximum Gasteiger partial charge on any atom is 0.255 e. The van der Waals surface area contributed by atoms with Gasteiger partial charge in [0.1, 0.15) is 0 Å². The predicted octanol–water partition coefficient (Wildman–Crippen LogP) is 1.99. The molecule has 0 bridgehead atoms. The summed E-state index contributed by atoms with van der Waals surface area (Å²) < 4.78 is 25.5. The fourth-order valence-corrected chi connectivity index (χ4v) is 1.70. The van der Waals surface area contributed by atoms with Crippen molar-refractivity contribution < 1.29 is 18.7 Å². The third-order valence-corrected chi connectivity index (χ3v) is 2.83. The fourth-order valence-electron chi connectivity index (χ4n) is 1.34. The Balaban J connectivity index is 2.79. The molecule has 1 aromatic rings. The van der Waals surface area contributed by atoms with Crippen molar-refractivity contribution in [3.63, 3.8) is 0 Å². The summed E-state index contributed by atoms with van der Waals surface area (Å²) in [5, 5.41) is 8.75. The molecule has 0 heterocycles. The van der Waals surface area contributed by atoms with Crippen LogP contribution in [-0.4, -0.2) is 42.0 Å². The van der Waals surface area contributed by atoms with Gasteiger partial charge in [-0.05, 0) is 46.9 Å². The Morgan fingerprint density at radius 2 is 1.94 bits per heavy atom. The summed E-state index contributed by atoms with van der Waals surface area (Å²) in [7, 11) is 0. The van der Waals surface area contributed by atoms with Crippen LogP contribution in [0.2, 0.25) is 0 Å². The second kappa shape index (κ2) is 6.85. The summed E-state index contributed by atoms with van der Waals surface area (Å²) in [4.78, 5) is 12.8. The zero-order valence-electron chi connectivity index (χ0n) is 8.94. The molecule has 0 aliphatic carbocycles. The minimum Gasteiger partial charge on any atom is -0.395 e. The summed E-state index contributed by atoms with van der Waals surface area (Å²) in [5.74, 6) is -0.490. The maximum absolute atomic E-state index is 12.3. The third-order valence-electron chi connectivity index (χ3n) is 2.11.